The number of carbonyl (C=O) groups is 2. The van der Waals surface area contributed by atoms with Gasteiger partial charge in [0.1, 0.15) is 24.7 Å². The second-order valence-electron chi connectivity index (χ2n) is 4.02. The van der Waals surface area contributed by atoms with Gasteiger partial charge in [-0.3, -0.25) is 0 Å². The van der Waals surface area contributed by atoms with Crippen molar-refractivity contribution in [1.82, 2.24) is 0 Å². The lowest BCUT2D eigenvalue weighted by molar-refractivity contribution is -0.138. The van der Waals surface area contributed by atoms with E-state index in [2.05, 4.69) is 17.2 Å². The lowest BCUT2D eigenvalue weighted by Gasteiger charge is -2.14. The van der Waals surface area contributed by atoms with Crippen molar-refractivity contribution in [3.05, 3.63) is 24.3 Å². The number of hydrogen-bond acceptors (Lipinski definition) is 4. The summed E-state index contributed by atoms with van der Waals surface area (Å²) in [6, 6.07) is 6.14. The summed E-state index contributed by atoms with van der Waals surface area (Å²) in [7, 11) is 0. The van der Waals surface area contributed by atoms with Crippen LogP contribution in [-0.4, -0.2) is 30.0 Å². The van der Waals surface area contributed by atoms with Crippen LogP contribution in [0.15, 0.2) is 24.3 Å². The number of benzene rings is 1. The Morgan fingerprint density at radius 3 is 2.70 bits per heavy atom. The van der Waals surface area contributed by atoms with E-state index in [0.717, 1.165) is 0 Å². The molecular weight excluding hydrogens is 258 g/mol. The maximum atomic E-state index is 11.0. The van der Waals surface area contributed by atoms with Crippen molar-refractivity contribution < 1.29 is 19.4 Å². The molecule has 2 N–H and O–H groups in total. The molecule has 0 radical (unpaired) electrons. The summed E-state index contributed by atoms with van der Waals surface area (Å²) in [4.78, 5) is 21.3. The van der Waals surface area contributed by atoms with Crippen molar-refractivity contribution in [1.29, 1.82) is 0 Å². The Bertz CT molecular complexity index is 499. The Labute approximate surface area is 117 Å². The van der Waals surface area contributed by atoms with Crippen LogP contribution in [0.2, 0.25) is 0 Å². The molecule has 1 aromatic rings. The van der Waals surface area contributed by atoms with Gasteiger partial charge in [0.15, 0.2) is 0 Å². The standard InChI is InChI=1S/C15H17NO4/c1-2-3-11-20-13-8-6-12(7-9-13)16-14(15(18)19)5-4-10-17/h6-10,14,16H,4-5,11H2,1H3,(H,18,19). The van der Waals surface area contributed by atoms with Gasteiger partial charge in [-0.25, -0.2) is 4.79 Å². The molecule has 0 aliphatic rings. The van der Waals surface area contributed by atoms with Crippen LogP contribution in [0.25, 0.3) is 0 Å². The number of aliphatic carboxylic acids is 1. The maximum Gasteiger partial charge on any atom is 0.326 e. The van der Waals surface area contributed by atoms with Crippen LogP contribution in [0.5, 0.6) is 5.75 Å². The highest BCUT2D eigenvalue weighted by atomic mass is 16.5. The molecule has 0 aliphatic heterocycles. The Morgan fingerprint density at radius 2 is 2.15 bits per heavy atom. The quantitative estimate of drug-likeness (QED) is 0.560. The highest BCUT2D eigenvalue weighted by molar-refractivity contribution is 5.77. The number of ether oxygens (including phenoxy) is 1. The van der Waals surface area contributed by atoms with Gasteiger partial charge in [0.2, 0.25) is 0 Å². The normalized spacial score (nSPS) is 10.8. The van der Waals surface area contributed by atoms with E-state index in [-0.39, 0.29) is 12.8 Å². The Kier molecular flexibility index (Phi) is 6.69. The van der Waals surface area contributed by atoms with Crippen LogP contribution in [-0.2, 0) is 9.59 Å². The molecule has 1 rings (SSSR count). The maximum absolute atomic E-state index is 11.0. The molecule has 0 saturated heterocycles. The van der Waals surface area contributed by atoms with Gasteiger partial charge >= 0.3 is 5.97 Å². The second-order valence-corrected chi connectivity index (χ2v) is 4.02. The Morgan fingerprint density at radius 1 is 1.45 bits per heavy atom. The average Bonchev–Trinajstić information content (AvgIpc) is 2.45. The molecule has 0 fully saturated rings. The Hall–Kier alpha value is -2.48. The molecule has 0 saturated carbocycles. The van der Waals surface area contributed by atoms with E-state index < -0.39 is 12.0 Å². The molecule has 1 unspecified atom stereocenters. The van der Waals surface area contributed by atoms with Gasteiger partial charge in [-0.2, -0.15) is 0 Å². The molecule has 5 heteroatoms. The molecule has 0 aromatic heterocycles. The van der Waals surface area contributed by atoms with Crippen LogP contribution in [0.3, 0.4) is 0 Å². The van der Waals surface area contributed by atoms with Crippen LogP contribution in [0, 0.1) is 11.8 Å². The summed E-state index contributed by atoms with van der Waals surface area (Å²) in [5.74, 6) is 5.19. The van der Waals surface area contributed by atoms with Gasteiger partial charge in [0.05, 0.1) is 0 Å². The zero-order valence-corrected chi connectivity index (χ0v) is 11.3. The molecule has 20 heavy (non-hydrogen) atoms. The summed E-state index contributed by atoms with van der Waals surface area (Å²) in [6.07, 6.45) is 1.17. The van der Waals surface area contributed by atoms with Crippen LogP contribution >= 0.6 is 0 Å². The number of carboxylic acid groups (broad SMARTS) is 1. The van der Waals surface area contributed by atoms with Crippen molar-refractivity contribution in [2.75, 3.05) is 11.9 Å². The molecule has 106 valence electrons. The summed E-state index contributed by atoms with van der Waals surface area (Å²) < 4.78 is 5.35. The predicted molar refractivity (Wildman–Crippen MR) is 75.7 cm³/mol. The number of carboxylic acids is 1. The zero-order valence-electron chi connectivity index (χ0n) is 11.3. The van der Waals surface area contributed by atoms with Crippen molar-refractivity contribution >= 4 is 17.9 Å². The molecule has 1 atom stereocenters. The first-order chi connectivity index (χ1) is 9.67. The smallest absolute Gasteiger partial charge is 0.326 e. The summed E-state index contributed by atoms with van der Waals surface area (Å²) in [5.41, 5.74) is 0.664. The predicted octanol–water partition coefficient (Wildman–Crippen LogP) is 1.93. The van der Waals surface area contributed by atoms with Gasteiger partial charge in [0.25, 0.3) is 0 Å². The van der Waals surface area contributed by atoms with Crippen molar-refractivity contribution in [2.24, 2.45) is 0 Å². The molecule has 0 amide bonds. The number of rotatable bonds is 8. The van der Waals surface area contributed by atoms with E-state index >= 15 is 0 Å². The van der Waals surface area contributed by atoms with Crippen LogP contribution in [0.1, 0.15) is 19.8 Å². The van der Waals surface area contributed by atoms with Crippen LogP contribution in [0.4, 0.5) is 5.69 Å². The average molecular weight is 275 g/mol. The Balaban J connectivity index is 2.59. The number of aldehydes is 1. The van der Waals surface area contributed by atoms with Crippen LogP contribution < -0.4 is 10.1 Å². The SMILES string of the molecule is CC#CCOc1ccc(NC(CCC=O)C(=O)O)cc1. The van der Waals surface area contributed by atoms with Crippen molar-refractivity contribution in [2.45, 2.75) is 25.8 Å². The van der Waals surface area contributed by atoms with Gasteiger partial charge in [0, 0.05) is 12.1 Å². The molecular formula is C15H17NO4. The summed E-state index contributed by atoms with van der Waals surface area (Å²) in [6.45, 7) is 2.06. The minimum absolute atomic E-state index is 0.209. The minimum atomic E-state index is -0.981. The first kappa shape index (κ1) is 15.6. The minimum Gasteiger partial charge on any atom is -0.481 e. The number of anilines is 1. The van der Waals surface area contributed by atoms with Gasteiger partial charge in [-0.15, -0.1) is 5.92 Å². The van der Waals surface area contributed by atoms with Gasteiger partial charge in [-0.05, 0) is 37.6 Å². The summed E-state index contributed by atoms with van der Waals surface area (Å²) in [5, 5.41) is 11.9. The number of nitrogens with one attached hydrogen (secondary N) is 1. The third-order valence-electron chi connectivity index (χ3n) is 2.55. The lowest BCUT2D eigenvalue weighted by Crippen LogP contribution is -2.29. The lowest BCUT2D eigenvalue weighted by atomic mass is 10.1. The monoisotopic (exact) mass is 275 g/mol. The first-order valence-electron chi connectivity index (χ1n) is 6.22. The fourth-order valence-electron chi connectivity index (χ4n) is 1.53. The summed E-state index contributed by atoms with van der Waals surface area (Å²) >= 11 is 0. The third-order valence-corrected chi connectivity index (χ3v) is 2.55. The largest absolute Gasteiger partial charge is 0.481 e. The van der Waals surface area contributed by atoms with E-state index in [0.29, 0.717) is 24.3 Å². The van der Waals surface area contributed by atoms with Gasteiger partial charge < -0.3 is 20.0 Å². The van der Waals surface area contributed by atoms with Gasteiger partial charge in [-0.1, -0.05) is 5.92 Å². The van der Waals surface area contributed by atoms with E-state index in [1.165, 1.54) is 0 Å². The van der Waals surface area contributed by atoms with Crippen molar-refractivity contribution in [3.8, 4) is 17.6 Å². The fourth-order valence-corrected chi connectivity index (χ4v) is 1.53. The second kappa shape index (κ2) is 8.59. The fraction of sp³-hybridized carbons (Fsp3) is 0.333. The molecule has 0 bridgehead atoms. The molecule has 5 nitrogen and oxygen atoms in total. The van der Waals surface area contributed by atoms with E-state index in [1.807, 2.05) is 0 Å². The first-order valence-corrected chi connectivity index (χ1v) is 6.22. The molecule has 0 heterocycles. The highest BCUT2D eigenvalue weighted by Crippen LogP contribution is 2.17. The molecule has 0 spiro atoms. The third kappa shape index (κ3) is 5.44. The highest BCUT2D eigenvalue weighted by Gasteiger charge is 2.16. The molecule has 1 aromatic carbocycles. The van der Waals surface area contributed by atoms with E-state index in [9.17, 15) is 9.59 Å². The van der Waals surface area contributed by atoms with Crippen molar-refractivity contribution in [3.63, 3.8) is 0 Å². The van der Waals surface area contributed by atoms with E-state index in [4.69, 9.17) is 9.84 Å². The van der Waals surface area contributed by atoms with E-state index in [1.54, 1.807) is 31.2 Å². The topological polar surface area (TPSA) is 75.6 Å². The number of carbonyl (C=O) groups excluding carboxylic acids is 1. The molecule has 0 aliphatic carbocycles. The number of hydrogen-bond donors (Lipinski definition) is 2. The zero-order chi connectivity index (χ0) is 14.8.